The van der Waals surface area contributed by atoms with Crippen molar-refractivity contribution in [2.75, 3.05) is 42.5 Å². The maximum Gasteiger partial charge on any atom is 0.320 e. The number of hydrogen-bond donors (Lipinski definition) is 0. The highest BCUT2D eigenvalue weighted by molar-refractivity contribution is 6.14. The zero-order valence-corrected chi connectivity index (χ0v) is 25.0. The van der Waals surface area contributed by atoms with Crippen LogP contribution in [0.25, 0.3) is 11.1 Å². The average Bonchev–Trinajstić information content (AvgIpc) is 3.43. The highest BCUT2D eigenvalue weighted by atomic mass is 16.2. The van der Waals surface area contributed by atoms with Gasteiger partial charge >= 0.3 is 6.03 Å². The molecule has 2 amide bonds. The molecule has 2 fully saturated rings. The molecule has 6 rings (SSSR count). The lowest BCUT2D eigenvalue weighted by Crippen LogP contribution is -2.52. The van der Waals surface area contributed by atoms with Crippen molar-refractivity contribution in [1.82, 2.24) is 24.8 Å². The number of ketones is 1. The first-order valence-corrected chi connectivity index (χ1v) is 14.7. The minimum Gasteiger partial charge on any atom is -0.354 e. The zero-order chi connectivity index (χ0) is 30.0. The Morgan fingerprint density at radius 2 is 1.79 bits per heavy atom. The second-order valence-corrected chi connectivity index (χ2v) is 11.1. The fourth-order valence-corrected chi connectivity index (χ4v) is 6.05. The lowest BCUT2D eigenvalue weighted by molar-refractivity contribution is 0.0923. The van der Waals surface area contributed by atoms with Crippen LogP contribution < -0.4 is 9.80 Å². The number of carbonyl (C=O) groups excluding carboxylic acids is 2. The fourth-order valence-electron chi connectivity index (χ4n) is 6.05. The molecule has 10 nitrogen and oxygen atoms in total. The van der Waals surface area contributed by atoms with Gasteiger partial charge in [-0.15, -0.1) is 0 Å². The van der Waals surface area contributed by atoms with Gasteiger partial charge in [0.1, 0.15) is 11.8 Å². The number of nitriles is 1. The summed E-state index contributed by atoms with van der Waals surface area (Å²) in [5.74, 6) is 0.703. The van der Waals surface area contributed by atoms with Gasteiger partial charge in [0, 0.05) is 80.2 Å². The van der Waals surface area contributed by atoms with E-state index >= 15 is 0 Å². The maximum atomic E-state index is 13.3. The Kier molecular flexibility index (Phi) is 8.12. The van der Waals surface area contributed by atoms with Crippen LogP contribution >= 0.6 is 0 Å². The van der Waals surface area contributed by atoms with Gasteiger partial charge in [0.15, 0.2) is 5.78 Å². The number of Topliss-reactive ketones (excluding diaryl/α,β-unsaturated/α-hetero) is 1. The van der Waals surface area contributed by atoms with Crippen molar-refractivity contribution in [1.29, 1.82) is 5.26 Å². The topological polar surface area (TPSA) is 110 Å². The molecule has 42 heavy (non-hydrogen) atoms. The molecule has 0 spiro atoms. The Bertz CT molecular complexity index is 1510. The SMILES string of the molecule is CC.CCCN1C[C@@H]2CN(c3ncc(-c4ccc5c(c4)N(Cc4cccnc4C#N)C(C)(C)C5=O)cn3)CCN2C1=O. The second kappa shape index (κ2) is 11.8. The molecule has 10 heteroatoms. The number of hydrogen-bond acceptors (Lipinski definition) is 8. The Hall–Kier alpha value is -4.52. The van der Waals surface area contributed by atoms with E-state index in [1.807, 2.05) is 85.1 Å². The summed E-state index contributed by atoms with van der Waals surface area (Å²) >= 11 is 0. The Morgan fingerprint density at radius 3 is 2.50 bits per heavy atom. The minimum absolute atomic E-state index is 0.0464. The van der Waals surface area contributed by atoms with E-state index in [2.05, 4.69) is 32.8 Å². The predicted octanol–water partition coefficient (Wildman–Crippen LogP) is 4.75. The number of urea groups is 1. The van der Waals surface area contributed by atoms with Gasteiger partial charge < -0.3 is 19.6 Å². The van der Waals surface area contributed by atoms with Crippen LogP contribution in [-0.2, 0) is 6.54 Å². The van der Waals surface area contributed by atoms with Gasteiger partial charge in [0.25, 0.3) is 0 Å². The summed E-state index contributed by atoms with van der Waals surface area (Å²) < 4.78 is 0. The third kappa shape index (κ3) is 5.04. The molecule has 3 aliphatic heterocycles. The molecule has 3 aromatic rings. The van der Waals surface area contributed by atoms with E-state index in [4.69, 9.17) is 0 Å². The number of piperazine rings is 1. The number of pyridine rings is 1. The first kappa shape index (κ1) is 29.0. The van der Waals surface area contributed by atoms with Gasteiger partial charge in [0.2, 0.25) is 5.95 Å². The lowest BCUT2D eigenvalue weighted by atomic mass is 9.96. The van der Waals surface area contributed by atoms with E-state index in [1.165, 1.54) is 0 Å². The Labute approximate surface area is 247 Å². The average molecular weight is 567 g/mol. The van der Waals surface area contributed by atoms with Crippen LogP contribution in [0.4, 0.5) is 16.4 Å². The van der Waals surface area contributed by atoms with Crippen LogP contribution in [0.5, 0.6) is 0 Å². The molecule has 0 N–H and O–H groups in total. The van der Waals surface area contributed by atoms with Crippen LogP contribution in [0.2, 0.25) is 0 Å². The zero-order valence-electron chi connectivity index (χ0n) is 25.0. The summed E-state index contributed by atoms with van der Waals surface area (Å²) in [5, 5.41) is 9.53. The third-order valence-corrected chi connectivity index (χ3v) is 8.27. The molecule has 0 unspecified atom stereocenters. The van der Waals surface area contributed by atoms with E-state index < -0.39 is 5.54 Å². The summed E-state index contributed by atoms with van der Waals surface area (Å²) in [4.78, 5) is 47.6. The van der Waals surface area contributed by atoms with Crippen molar-refractivity contribution < 1.29 is 9.59 Å². The molecular weight excluding hydrogens is 528 g/mol. The van der Waals surface area contributed by atoms with Gasteiger partial charge in [-0.2, -0.15) is 5.26 Å². The molecular formula is C32H38N8O2. The molecule has 0 radical (unpaired) electrons. The molecule has 218 valence electrons. The van der Waals surface area contributed by atoms with E-state index in [0.717, 1.165) is 48.4 Å². The first-order chi connectivity index (χ1) is 20.3. The highest BCUT2D eigenvalue weighted by Gasteiger charge is 2.44. The highest BCUT2D eigenvalue weighted by Crippen LogP contribution is 2.42. The largest absolute Gasteiger partial charge is 0.354 e. The maximum absolute atomic E-state index is 13.3. The van der Waals surface area contributed by atoms with Crippen molar-refractivity contribution in [3.8, 4) is 17.2 Å². The van der Waals surface area contributed by atoms with E-state index in [-0.39, 0.29) is 17.9 Å². The molecule has 2 saturated heterocycles. The summed E-state index contributed by atoms with van der Waals surface area (Å²) in [6, 6.07) is 12.0. The van der Waals surface area contributed by atoms with Crippen LogP contribution in [0.15, 0.2) is 48.9 Å². The van der Waals surface area contributed by atoms with Crippen LogP contribution in [-0.4, -0.2) is 80.9 Å². The Morgan fingerprint density at radius 1 is 1.02 bits per heavy atom. The van der Waals surface area contributed by atoms with Gasteiger partial charge in [-0.1, -0.05) is 32.9 Å². The minimum atomic E-state index is -0.764. The number of fused-ring (bicyclic) bond motifs is 2. The van der Waals surface area contributed by atoms with Crippen molar-refractivity contribution in [3.63, 3.8) is 0 Å². The number of carbonyl (C=O) groups is 2. The van der Waals surface area contributed by atoms with Crippen molar-refractivity contribution >= 4 is 23.5 Å². The number of nitrogens with zero attached hydrogens (tertiary/aromatic N) is 8. The monoisotopic (exact) mass is 566 g/mol. The molecule has 5 heterocycles. The molecule has 1 atom stereocenters. The summed E-state index contributed by atoms with van der Waals surface area (Å²) in [6.45, 7) is 13.9. The summed E-state index contributed by atoms with van der Waals surface area (Å²) in [5.41, 5.74) is 3.62. The molecule has 0 bridgehead atoms. The van der Waals surface area contributed by atoms with Gasteiger partial charge in [0.05, 0.1) is 11.6 Å². The van der Waals surface area contributed by atoms with Crippen molar-refractivity contribution in [2.24, 2.45) is 0 Å². The van der Waals surface area contributed by atoms with Gasteiger partial charge in [-0.3, -0.25) is 4.79 Å². The predicted molar refractivity (Wildman–Crippen MR) is 162 cm³/mol. The number of rotatable bonds is 6. The first-order valence-electron chi connectivity index (χ1n) is 14.7. The molecule has 1 aromatic carbocycles. The van der Waals surface area contributed by atoms with Crippen molar-refractivity contribution in [3.05, 3.63) is 65.7 Å². The molecule has 3 aliphatic rings. The van der Waals surface area contributed by atoms with E-state index in [9.17, 15) is 14.9 Å². The molecule has 2 aromatic heterocycles. The van der Waals surface area contributed by atoms with Crippen LogP contribution in [0.3, 0.4) is 0 Å². The van der Waals surface area contributed by atoms with Gasteiger partial charge in [-0.05, 0) is 44.0 Å². The van der Waals surface area contributed by atoms with Crippen LogP contribution in [0, 0.1) is 11.3 Å². The number of amides is 2. The smallest absolute Gasteiger partial charge is 0.320 e. The quantitative estimate of drug-likeness (QED) is 0.420. The third-order valence-electron chi connectivity index (χ3n) is 8.27. The standard InChI is InChI=1S/C30H32N8O2.C2H6/c1-4-10-36-19-23-18-35(11-12-37(23)29(36)40)28-33-15-22(16-34-28)20-7-8-24-26(13-20)38(30(2,3)27(24)39)17-21-6-5-9-32-25(21)14-31;1-2/h5-9,13,15-16,23H,4,10-12,17-19H2,1-3H3;1-2H3/t23-;/m0./s1. The summed E-state index contributed by atoms with van der Waals surface area (Å²) in [7, 11) is 0. The number of aromatic nitrogens is 3. The second-order valence-electron chi connectivity index (χ2n) is 11.1. The number of anilines is 2. The van der Waals surface area contributed by atoms with E-state index in [0.29, 0.717) is 36.8 Å². The summed E-state index contributed by atoms with van der Waals surface area (Å²) in [6.07, 6.45) is 6.20. The van der Waals surface area contributed by atoms with E-state index in [1.54, 1.807) is 6.20 Å². The lowest BCUT2D eigenvalue weighted by Gasteiger charge is -2.36. The van der Waals surface area contributed by atoms with Gasteiger partial charge in [-0.25, -0.2) is 19.7 Å². The van der Waals surface area contributed by atoms with Crippen LogP contribution in [0.1, 0.15) is 62.7 Å². The molecule has 0 aliphatic carbocycles. The fraction of sp³-hybridized carbons (Fsp3) is 0.438. The number of benzene rings is 1. The Balaban J connectivity index is 0.00000173. The molecule has 0 saturated carbocycles. The normalized spacial score (nSPS) is 18.8. The van der Waals surface area contributed by atoms with Crippen molar-refractivity contribution in [2.45, 2.75) is 59.2 Å².